The molecule has 0 radical (unpaired) electrons. The van der Waals surface area contributed by atoms with Crippen LogP contribution in [-0.2, 0) is 5.41 Å². The molecule has 0 saturated heterocycles. The number of hydrogen-bond acceptors (Lipinski definition) is 3. The summed E-state index contributed by atoms with van der Waals surface area (Å²) in [6.07, 6.45) is 0. The van der Waals surface area contributed by atoms with Gasteiger partial charge in [0.25, 0.3) is 0 Å². The first-order valence-electron chi connectivity index (χ1n) is 7.40. The number of halogens is 2. The Morgan fingerprint density at radius 2 is 1.57 bits per heavy atom. The van der Waals surface area contributed by atoms with Gasteiger partial charge in [0, 0.05) is 27.1 Å². The lowest BCUT2D eigenvalue weighted by Gasteiger charge is -2.38. The van der Waals surface area contributed by atoms with Crippen molar-refractivity contribution in [2.24, 2.45) is 0 Å². The summed E-state index contributed by atoms with van der Waals surface area (Å²) < 4.78 is 1.97. The molecule has 1 aliphatic heterocycles. The quantitative estimate of drug-likeness (QED) is 0.465. The Bertz CT molecular complexity index is 950. The fourth-order valence-electron chi connectivity index (χ4n) is 3.23. The second-order valence-corrected chi connectivity index (χ2v) is 8.06. The average Bonchev–Trinajstić information content (AvgIpc) is 2.53. The molecule has 2 aromatic carbocycles. The van der Waals surface area contributed by atoms with Crippen LogP contribution in [0.15, 0.2) is 45.3 Å². The van der Waals surface area contributed by atoms with E-state index in [1.165, 1.54) is 11.3 Å². The number of para-hydroxylation sites is 1. The van der Waals surface area contributed by atoms with Crippen molar-refractivity contribution < 1.29 is 0 Å². The van der Waals surface area contributed by atoms with Crippen LogP contribution >= 0.6 is 31.9 Å². The van der Waals surface area contributed by atoms with Crippen LogP contribution in [0.5, 0.6) is 0 Å². The average molecular weight is 433 g/mol. The number of hydrogen-bond donors (Lipinski definition) is 0. The van der Waals surface area contributed by atoms with Crippen LogP contribution in [0.2, 0.25) is 0 Å². The summed E-state index contributed by atoms with van der Waals surface area (Å²) >= 11 is 7.10. The summed E-state index contributed by atoms with van der Waals surface area (Å²) in [5.41, 5.74) is 5.09. The van der Waals surface area contributed by atoms with E-state index in [4.69, 9.17) is 9.97 Å². The van der Waals surface area contributed by atoms with Gasteiger partial charge in [-0.25, -0.2) is 9.97 Å². The van der Waals surface area contributed by atoms with Crippen molar-refractivity contribution >= 4 is 54.4 Å². The third kappa shape index (κ3) is 2.13. The number of nitrogens with zero attached hydrogens (tertiary/aromatic N) is 3. The Morgan fingerprint density at radius 1 is 0.957 bits per heavy atom. The molecule has 116 valence electrons. The van der Waals surface area contributed by atoms with Crippen molar-refractivity contribution in [2.75, 3.05) is 11.9 Å². The zero-order chi connectivity index (χ0) is 16.4. The molecule has 0 bridgehead atoms. The molecule has 0 spiro atoms. The number of aromatic nitrogens is 2. The van der Waals surface area contributed by atoms with Gasteiger partial charge in [-0.05, 0) is 69.5 Å². The number of fused-ring (bicyclic) bond motifs is 3. The monoisotopic (exact) mass is 431 g/mol. The van der Waals surface area contributed by atoms with Gasteiger partial charge in [0.05, 0.1) is 16.7 Å². The van der Waals surface area contributed by atoms with Crippen molar-refractivity contribution in [1.82, 2.24) is 9.97 Å². The minimum Gasteiger partial charge on any atom is -0.328 e. The molecule has 0 amide bonds. The van der Waals surface area contributed by atoms with E-state index in [2.05, 4.69) is 81.9 Å². The van der Waals surface area contributed by atoms with Crippen LogP contribution in [0, 0.1) is 0 Å². The summed E-state index contributed by atoms with van der Waals surface area (Å²) in [6, 6.07) is 12.5. The van der Waals surface area contributed by atoms with E-state index >= 15 is 0 Å². The van der Waals surface area contributed by atoms with Crippen molar-refractivity contribution in [3.8, 4) is 0 Å². The highest BCUT2D eigenvalue weighted by molar-refractivity contribution is 9.13. The first-order chi connectivity index (χ1) is 10.9. The van der Waals surface area contributed by atoms with E-state index in [1.54, 1.807) is 0 Å². The van der Waals surface area contributed by atoms with Crippen LogP contribution in [0.3, 0.4) is 0 Å². The zero-order valence-electron chi connectivity index (χ0n) is 13.1. The minimum atomic E-state index is -0.181. The normalized spacial score (nSPS) is 15.4. The molecule has 2 heterocycles. The fourth-order valence-corrected chi connectivity index (χ4v) is 3.89. The first kappa shape index (κ1) is 15.1. The lowest BCUT2D eigenvalue weighted by Crippen LogP contribution is -2.32. The van der Waals surface area contributed by atoms with Gasteiger partial charge in [0.15, 0.2) is 5.82 Å². The number of anilines is 2. The molecule has 0 aliphatic carbocycles. The van der Waals surface area contributed by atoms with Crippen LogP contribution in [0.25, 0.3) is 11.0 Å². The standard InChI is InChI=1S/C18H15Br2N3/c1-18(2)10-6-4-5-7-15(10)23(3)17-16(18)21-13-8-11(19)12(20)9-14(13)22-17/h4-9H,1-3H3. The van der Waals surface area contributed by atoms with E-state index in [-0.39, 0.29) is 5.41 Å². The molecule has 4 rings (SSSR count). The fraction of sp³-hybridized carbons (Fsp3) is 0.222. The Morgan fingerprint density at radius 3 is 2.26 bits per heavy atom. The van der Waals surface area contributed by atoms with E-state index in [0.717, 1.165) is 31.5 Å². The molecule has 3 aromatic rings. The molecule has 0 fully saturated rings. The van der Waals surface area contributed by atoms with Crippen molar-refractivity contribution in [3.63, 3.8) is 0 Å². The third-order valence-electron chi connectivity index (χ3n) is 4.54. The smallest absolute Gasteiger partial charge is 0.156 e. The summed E-state index contributed by atoms with van der Waals surface area (Å²) in [5.74, 6) is 0.926. The molecular formula is C18H15Br2N3. The maximum absolute atomic E-state index is 4.96. The van der Waals surface area contributed by atoms with Crippen molar-refractivity contribution in [3.05, 3.63) is 56.6 Å². The van der Waals surface area contributed by atoms with Crippen molar-refractivity contribution in [1.29, 1.82) is 0 Å². The van der Waals surface area contributed by atoms with E-state index in [9.17, 15) is 0 Å². The van der Waals surface area contributed by atoms with Crippen LogP contribution in [0.1, 0.15) is 25.1 Å². The molecule has 0 saturated carbocycles. The lowest BCUT2D eigenvalue weighted by molar-refractivity contribution is 0.604. The number of rotatable bonds is 0. The largest absolute Gasteiger partial charge is 0.328 e. The molecule has 1 aromatic heterocycles. The van der Waals surface area contributed by atoms with Crippen LogP contribution in [0.4, 0.5) is 11.5 Å². The summed E-state index contributed by atoms with van der Waals surface area (Å²) in [7, 11) is 2.06. The Kier molecular flexibility index (Phi) is 3.29. The molecule has 1 aliphatic rings. The van der Waals surface area contributed by atoms with Gasteiger partial charge in [-0.3, -0.25) is 0 Å². The molecule has 0 unspecified atom stereocenters. The molecule has 3 nitrogen and oxygen atoms in total. The lowest BCUT2D eigenvalue weighted by atomic mass is 9.77. The SMILES string of the molecule is CN1c2ccccc2C(C)(C)c2nc3cc(Br)c(Br)cc3nc21. The first-order valence-corrected chi connectivity index (χ1v) is 8.98. The van der Waals surface area contributed by atoms with Gasteiger partial charge in [0.2, 0.25) is 0 Å². The summed E-state index contributed by atoms with van der Waals surface area (Å²) in [4.78, 5) is 12.0. The minimum absolute atomic E-state index is 0.181. The maximum Gasteiger partial charge on any atom is 0.156 e. The highest BCUT2D eigenvalue weighted by Gasteiger charge is 2.37. The van der Waals surface area contributed by atoms with Gasteiger partial charge in [0.1, 0.15) is 0 Å². The Labute approximate surface area is 152 Å². The predicted octanol–water partition coefficient (Wildman–Crippen LogP) is 5.56. The summed E-state index contributed by atoms with van der Waals surface area (Å²) in [6.45, 7) is 4.43. The molecule has 0 N–H and O–H groups in total. The van der Waals surface area contributed by atoms with Gasteiger partial charge < -0.3 is 4.90 Å². The van der Waals surface area contributed by atoms with Crippen LogP contribution < -0.4 is 4.90 Å². The van der Waals surface area contributed by atoms with E-state index in [0.29, 0.717) is 0 Å². The summed E-state index contributed by atoms with van der Waals surface area (Å²) in [5, 5.41) is 0. The Balaban J connectivity index is 2.07. The topological polar surface area (TPSA) is 29.0 Å². The predicted molar refractivity (Wildman–Crippen MR) is 102 cm³/mol. The van der Waals surface area contributed by atoms with Gasteiger partial charge >= 0.3 is 0 Å². The van der Waals surface area contributed by atoms with Crippen molar-refractivity contribution in [2.45, 2.75) is 19.3 Å². The van der Waals surface area contributed by atoms with Gasteiger partial charge in [-0.2, -0.15) is 0 Å². The molecule has 23 heavy (non-hydrogen) atoms. The highest BCUT2D eigenvalue weighted by atomic mass is 79.9. The second kappa shape index (κ2) is 5.02. The Hall–Kier alpha value is -1.46. The van der Waals surface area contributed by atoms with Gasteiger partial charge in [-0.1, -0.05) is 18.2 Å². The van der Waals surface area contributed by atoms with E-state index in [1.807, 2.05) is 12.1 Å². The van der Waals surface area contributed by atoms with Crippen LogP contribution in [-0.4, -0.2) is 17.0 Å². The molecule has 5 heteroatoms. The molecule has 0 atom stereocenters. The number of benzene rings is 2. The maximum atomic E-state index is 4.96. The third-order valence-corrected chi connectivity index (χ3v) is 6.38. The zero-order valence-corrected chi connectivity index (χ0v) is 16.2. The van der Waals surface area contributed by atoms with Gasteiger partial charge in [-0.15, -0.1) is 0 Å². The second-order valence-electron chi connectivity index (χ2n) is 6.35. The molecular weight excluding hydrogens is 418 g/mol. The highest BCUT2D eigenvalue weighted by Crippen LogP contribution is 2.47. The van der Waals surface area contributed by atoms with E-state index < -0.39 is 0 Å².